The molecular weight excluding hydrogens is 136 g/mol. The van der Waals surface area contributed by atoms with Gasteiger partial charge in [0.1, 0.15) is 5.82 Å². The maximum atomic E-state index is 7.51. The molecule has 0 fully saturated rings. The van der Waals surface area contributed by atoms with Crippen LogP contribution in [-0.4, -0.2) is 4.98 Å². The second-order valence-electron chi connectivity index (χ2n) is 2.22. The number of nitrogens with two attached hydrogens (primary N) is 1. The molecule has 0 aliphatic carbocycles. The van der Waals surface area contributed by atoms with Gasteiger partial charge in [-0.3, -0.25) is 0 Å². The van der Waals surface area contributed by atoms with E-state index in [1.54, 1.807) is 0 Å². The third kappa shape index (κ3) is 1.93. The first-order chi connectivity index (χ1) is 8.75. The summed E-state index contributed by atoms with van der Waals surface area (Å²) in [5, 5.41) is 0. The van der Waals surface area contributed by atoms with Gasteiger partial charge >= 0.3 is 0 Å². The topological polar surface area (TPSA) is 38.9 Å². The fourth-order valence-corrected chi connectivity index (χ4v) is 0.682. The Labute approximate surface area is 80.1 Å². The van der Waals surface area contributed by atoms with E-state index in [4.69, 9.17) is 18.1 Å². The van der Waals surface area contributed by atoms with E-state index < -0.39 is 31.5 Å². The molecule has 2 heteroatoms. The lowest BCUT2D eigenvalue weighted by atomic mass is 9.88. The van der Waals surface area contributed by atoms with Gasteiger partial charge in [0.05, 0.1) is 0 Å². The van der Waals surface area contributed by atoms with Crippen LogP contribution in [0.1, 0.15) is 38.5 Å². The van der Waals surface area contributed by atoms with Crippen molar-refractivity contribution in [2.75, 3.05) is 5.73 Å². The van der Waals surface area contributed by atoms with Crippen molar-refractivity contribution in [2.24, 2.45) is 0 Å². The van der Waals surface area contributed by atoms with Crippen LogP contribution in [0.2, 0.25) is 0 Å². The molecular formula is C9H14N2. The van der Waals surface area contributed by atoms with Crippen LogP contribution in [0.5, 0.6) is 0 Å². The fourth-order valence-electron chi connectivity index (χ4n) is 0.682. The lowest BCUT2D eigenvalue weighted by Crippen LogP contribution is -2.11. The number of nitrogen functional groups attached to an aromatic ring is 1. The molecule has 1 aromatic rings. The minimum absolute atomic E-state index is 0.148. The van der Waals surface area contributed by atoms with E-state index in [1.165, 1.54) is 0 Å². The maximum absolute atomic E-state index is 7.51. The van der Waals surface area contributed by atoms with Crippen molar-refractivity contribution in [1.29, 1.82) is 0 Å². The van der Waals surface area contributed by atoms with E-state index in [1.807, 2.05) is 0 Å². The molecule has 0 radical (unpaired) electrons. The number of hydrogen-bond acceptors (Lipinski definition) is 2. The normalized spacial score (nSPS) is 27.1. The zero-order chi connectivity index (χ0) is 16.0. The van der Waals surface area contributed by atoms with Gasteiger partial charge in [-0.05, 0) is 23.1 Å². The number of pyridine rings is 1. The van der Waals surface area contributed by atoms with Crippen molar-refractivity contribution >= 4 is 5.82 Å². The Bertz CT molecular complexity index is 449. The highest BCUT2D eigenvalue weighted by atomic mass is 14.8. The molecule has 0 aromatic carbocycles. The minimum atomic E-state index is -3.28. The van der Waals surface area contributed by atoms with Gasteiger partial charge in [0.15, 0.2) is 0 Å². The Morgan fingerprint density at radius 2 is 2.27 bits per heavy atom. The van der Waals surface area contributed by atoms with Gasteiger partial charge < -0.3 is 5.73 Å². The quantitative estimate of drug-likeness (QED) is 0.628. The molecule has 2 N–H and O–H groups in total. The van der Waals surface area contributed by atoms with E-state index in [0.717, 1.165) is 18.3 Å². The molecule has 0 bridgehead atoms. The molecule has 0 amide bonds. The summed E-state index contributed by atoms with van der Waals surface area (Å²) in [6.45, 7) is -9.84. The van der Waals surface area contributed by atoms with Crippen LogP contribution in [0.4, 0.5) is 5.82 Å². The van der Waals surface area contributed by atoms with E-state index in [-0.39, 0.29) is 5.82 Å². The van der Waals surface area contributed by atoms with Crippen LogP contribution < -0.4 is 5.73 Å². The third-order valence-corrected chi connectivity index (χ3v) is 1.21. The Balaban J connectivity index is 3.82. The summed E-state index contributed by atoms with van der Waals surface area (Å²) in [6, 6.07) is 2.03. The SMILES string of the molecule is [2H]C([2H])([2H])C(c1ccnc(N)c1)(C([2H])([2H])[2H])C([2H])([2H])[2H]. The van der Waals surface area contributed by atoms with Gasteiger partial charge in [0.2, 0.25) is 0 Å². The molecule has 1 heterocycles. The Morgan fingerprint density at radius 1 is 1.55 bits per heavy atom. The highest BCUT2D eigenvalue weighted by Gasteiger charge is 2.12. The molecule has 2 nitrogen and oxygen atoms in total. The first-order valence-corrected chi connectivity index (χ1v) is 2.97. The smallest absolute Gasteiger partial charge is 0.123 e. The predicted octanol–water partition coefficient (Wildman–Crippen LogP) is 1.96. The predicted molar refractivity (Wildman–Crippen MR) is 47.3 cm³/mol. The summed E-state index contributed by atoms with van der Waals surface area (Å²) < 4.78 is 67.6. The first-order valence-electron chi connectivity index (χ1n) is 7.47. The number of rotatable bonds is 0. The van der Waals surface area contributed by atoms with Gasteiger partial charge in [-0.2, -0.15) is 0 Å². The molecule has 0 atom stereocenters. The number of nitrogens with zero attached hydrogens (tertiary/aromatic N) is 1. The average molecular weight is 159 g/mol. The van der Waals surface area contributed by atoms with Crippen molar-refractivity contribution in [3.05, 3.63) is 23.9 Å². The van der Waals surface area contributed by atoms with Crippen LogP contribution in [0, 0.1) is 0 Å². The van der Waals surface area contributed by atoms with E-state index in [0.29, 0.717) is 0 Å². The summed E-state index contributed by atoms with van der Waals surface area (Å²) in [5.74, 6) is -0.148. The molecule has 0 aliphatic rings. The van der Waals surface area contributed by atoms with E-state index in [2.05, 4.69) is 4.98 Å². The van der Waals surface area contributed by atoms with Gasteiger partial charge in [-0.25, -0.2) is 4.98 Å². The van der Waals surface area contributed by atoms with Gasteiger partial charge in [0.25, 0.3) is 0 Å². The van der Waals surface area contributed by atoms with E-state index >= 15 is 0 Å². The van der Waals surface area contributed by atoms with Crippen LogP contribution in [0.3, 0.4) is 0 Å². The Kier molecular flexibility index (Phi) is 0.511. The summed E-state index contributed by atoms with van der Waals surface area (Å²) in [6.07, 6.45) is 1.09. The molecule has 0 spiro atoms. The Morgan fingerprint density at radius 3 is 2.82 bits per heavy atom. The minimum Gasteiger partial charge on any atom is -0.384 e. The average Bonchev–Trinajstić information content (AvgIpc) is 2.10. The Hall–Kier alpha value is -1.05. The lowest BCUT2D eigenvalue weighted by Gasteiger charge is -2.18. The lowest BCUT2D eigenvalue weighted by molar-refractivity contribution is 0.589. The maximum Gasteiger partial charge on any atom is 0.123 e. The van der Waals surface area contributed by atoms with E-state index in [9.17, 15) is 0 Å². The third-order valence-electron chi connectivity index (χ3n) is 1.21. The molecule has 60 valence electrons. The number of hydrogen-bond donors (Lipinski definition) is 1. The van der Waals surface area contributed by atoms with Crippen LogP contribution in [-0.2, 0) is 5.41 Å². The summed E-state index contributed by atoms with van der Waals surface area (Å²) >= 11 is 0. The second-order valence-corrected chi connectivity index (χ2v) is 2.22. The van der Waals surface area contributed by atoms with Crippen molar-refractivity contribution in [1.82, 2.24) is 4.98 Å². The fraction of sp³-hybridized carbons (Fsp3) is 0.444. The molecule has 1 aromatic heterocycles. The van der Waals surface area contributed by atoms with Crippen LogP contribution in [0.25, 0.3) is 0 Å². The van der Waals surface area contributed by atoms with Gasteiger partial charge in [-0.15, -0.1) is 0 Å². The molecule has 0 aliphatic heterocycles. The monoisotopic (exact) mass is 159 g/mol. The molecule has 0 unspecified atom stereocenters. The summed E-state index contributed by atoms with van der Waals surface area (Å²) in [5.41, 5.74) is 2.00. The second kappa shape index (κ2) is 2.53. The zero-order valence-electron chi connectivity index (χ0n) is 14.8. The summed E-state index contributed by atoms with van der Waals surface area (Å²) in [7, 11) is 0. The molecule has 0 saturated heterocycles. The summed E-state index contributed by atoms with van der Waals surface area (Å²) in [4.78, 5) is 3.63. The van der Waals surface area contributed by atoms with Crippen molar-refractivity contribution in [2.45, 2.75) is 26.0 Å². The highest BCUT2D eigenvalue weighted by Crippen LogP contribution is 2.22. The molecule has 11 heavy (non-hydrogen) atoms. The molecule has 1 rings (SSSR count). The molecule has 0 saturated carbocycles. The van der Waals surface area contributed by atoms with Crippen molar-refractivity contribution in [3.8, 4) is 0 Å². The zero-order valence-corrected chi connectivity index (χ0v) is 5.76. The van der Waals surface area contributed by atoms with Gasteiger partial charge in [-0.1, -0.05) is 20.6 Å². The highest BCUT2D eigenvalue weighted by molar-refractivity contribution is 5.35. The van der Waals surface area contributed by atoms with Gasteiger partial charge in [0, 0.05) is 18.5 Å². The van der Waals surface area contributed by atoms with Crippen molar-refractivity contribution < 1.29 is 12.3 Å². The number of anilines is 1. The van der Waals surface area contributed by atoms with Crippen LogP contribution in [0.15, 0.2) is 18.3 Å². The standard InChI is InChI=1S/C9H14N2/c1-9(2,3)7-4-5-11-8(10)6-7/h4-6H,1-3H3,(H2,10,11)/i1D3,2D3,3D3. The van der Waals surface area contributed by atoms with Crippen molar-refractivity contribution in [3.63, 3.8) is 0 Å². The first kappa shape index (κ1) is 2.22. The number of aromatic nitrogens is 1. The van der Waals surface area contributed by atoms with Crippen LogP contribution >= 0.6 is 0 Å². The largest absolute Gasteiger partial charge is 0.384 e.